The normalized spacial score (nSPS) is 15.8. The van der Waals surface area contributed by atoms with Crippen molar-refractivity contribution in [2.75, 3.05) is 0 Å². The molecule has 1 aliphatic heterocycles. The van der Waals surface area contributed by atoms with Gasteiger partial charge in [0.05, 0.1) is 4.16 Å². The molecule has 0 nitrogen and oxygen atoms in total. The van der Waals surface area contributed by atoms with Gasteiger partial charge < -0.3 is 24.8 Å². The summed E-state index contributed by atoms with van der Waals surface area (Å²) in [5, 5.41) is 2.57. The molecule has 1 unspecified atom stereocenters. The molecule has 1 heterocycles. The molecule has 2 aliphatic carbocycles. The largest absolute Gasteiger partial charge is 0.179 e. The molecule has 0 radical (unpaired) electrons. The average Bonchev–Trinajstić information content (AvgIpc) is 3.40. The van der Waals surface area contributed by atoms with Crippen LogP contribution in [0.25, 0.3) is 22.1 Å². The van der Waals surface area contributed by atoms with Gasteiger partial charge in [0, 0.05) is 0 Å². The first-order chi connectivity index (χ1) is 13.8. The van der Waals surface area contributed by atoms with Crippen molar-refractivity contribution < 1.29 is 47.5 Å². The molecule has 3 aromatic rings. The van der Waals surface area contributed by atoms with Crippen molar-refractivity contribution in [1.82, 2.24) is 0 Å². The maximum absolute atomic E-state index is 4.17. The Morgan fingerprint density at radius 3 is 2.47 bits per heavy atom. The minimum atomic E-state index is 0. The van der Waals surface area contributed by atoms with E-state index in [1.165, 1.54) is 43.2 Å². The molecule has 0 amide bonds. The summed E-state index contributed by atoms with van der Waals surface area (Å²) in [6.45, 7) is 0. The van der Waals surface area contributed by atoms with E-state index in [-0.39, 0.29) is 24.8 Å². The Hall–Kier alpha value is -0.347. The monoisotopic (exact) mass is 606 g/mol. The molecule has 0 bridgehead atoms. The Morgan fingerprint density at radius 1 is 0.933 bits per heavy atom. The van der Waals surface area contributed by atoms with Crippen molar-refractivity contribution in [3.05, 3.63) is 106 Å². The van der Waals surface area contributed by atoms with E-state index in [9.17, 15) is 0 Å². The third-order valence-corrected chi connectivity index (χ3v) is 6.73. The first-order valence-electron chi connectivity index (χ1n) is 8.83. The van der Waals surface area contributed by atoms with Gasteiger partial charge in [-0.05, 0) is 11.3 Å². The van der Waals surface area contributed by atoms with Crippen LogP contribution in [0.15, 0.2) is 72.3 Å². The average molecular weight is 610 g/mol. The molecular weight excluding hydrogens is 594 g/mol. The summed E-state index contributed by atoms with van der Waals surface area (Å²) >= 11 is 6.58. The Morgan fingerprint density at radius 2 is 1.63 bits per heavy atom. The molecule has 3 aliphatic rings. The van der Waals surface area contributed by atoms with Crippen molar-refractivity contribution in [2.24, 2.45) is 0 Å². The Kier molecular flexibility index (Phi) is 10.4. The molecule has 1 atom stereocenters. The summed E-state index contributed by atoms with van der Waals surface area (Å²) in [6, 6.07) is 27.5. The van der Waals surface area contributed by atoms with Crippen LogP contribution >= 0.6 is 36.5 Å². The van der Waals surface area contributed by atoms with Gasteiger partial charge >= 0.3 is 31.5 Å². The predicted molar refractivity (Wildman–Crippen MR) is 122 cm³/mol. The Bertz CT molecular complexity index is 1150. The van der Waals surface area contributed by atoms with Crippen molar-refractivity contribution in [1.29, 1.82) is 0 Å². The Labute approximate surface area is 220 Å². The molecule has 30 heavy (non-hydrogen) atoms. The van der Waals surface area contributed by atoms with Crippen LogP contribution in [0.3, 0.4) is 0 Å². The quantitative estimate of drug-likeness (QED) is 0.195. The smallest absolute Gasteiger partial charge is 0.0253 e. The molecule has 6 rings (SSSR count). The zero-order valence-electron chi connectivity index (χ0n) is 15.7. The SMILES string of the molecule is BrC1C=C2C=c3[c-]cccc3=C2S1.[Cl-].[Cl-].[S]=[Zr+2].[c-]1cccc2c1Cc1ccccc1-2. The van der Waals surface area contributed by atoms with Gasteiger partial charge in [0.1, 0.15) is 0 Å². The van der Waals surface area contributed by atoms with E-state index in [0.717, 1.165) is 29.1 Å². The second-order valence-electron chi connectivity index (χ2n) is 6.46. The van der Waals surface area contributed by atoms with Gasteiger partial charge in [0.25, 0.3) is 0 Å². The van der Waals surface area contributed by atoms with E-state index in [4.69, 9.17) is 0 Å². The van der Waals surface area contributed by atoms with E-state index in [0.29, 0.717) is 4.16 Å². The summed E-state index contributed by atoms with van der Waals surface area (Å²) in [6.07, 6.45) is 5.50. The third-order valence-electron chi connectivity index (χ3n) is 4.85. The third kappa shape index (κ3) is 5.34. The van der Waals surface area contributed by atoms with Gasteiger partial charge in [-0.2, -0.15) is 29.8 Å². The van der Waals surface area contributed by atoms with Gasteiger partial charge in [-0.15, -0.1) is 52.9 Å². The van der Waals surface area contributed by atoms with Gasteiger partial charge in [0.2, 0.25) is 0 Å². The van der Waals surface area contributed by atoms with E-state index >= 15 is 0 Å². The Balaban J connectivity index is 0.000000186. The van der Waals surface area contributed by atoms with Gasteiger partial charge in [-0.1, -0.05) is 68.2 Å². The molecule has 150 valence electrons. The number of thioether (sulfide) groups is 1. The maximum atomic E-state index is 4.17. The van der Waals surface area contributed by atoms with Gasteiger partial charge in [0.15, 0.2) is 0 Å². The van der Waals surface area contributed by atoms with E-state index in [2.05, 4.69) is 91.5 Å². The van der Waals surface area contributed by atoms with Crippen LogP contribution in [0.2, 0.25) is 0 Å². The number of fused-ring (bicyclic) bond motifs is 5. The summed E-state index contributed by atoms with van der Waals surface area (Å²) in [4.78, 5) is 1.40. The molecule has 0 spiro atoms. The van der Waals surface area contributed by atoms with Crippen LogP contribution in [0.4, 0.5) is 0 Å². The first-order valence-corrected chi connectivity index (χ1v) is 14.0. The summed E-state index contributed by atoms with van der Waals surface area (Å²) in [5.41, 5.74) is 6.86. The van der Waals surface area contributed by atoms with E-state index < -0.39 is 0 Å². The predicted octanol–water partition coefficient (Wildman–Crippen LogP) is -0.505. The maximum Gasteiger partial charge on any atom is -0.0253 e. The van der Waals surface area contributed by atoms with Crippen molar-refractivity contribution in [2.45, 2.75) is 10.6 Å². The second kappa shape index (κ2) is 12.0. The van der Waals surface area contributed by atoms with Gasteiger partial charge in [-0.3, -0.25) is 0 Å². The van der Waals surface area contributed by atoms with Crippen LogP contribution < -0.4 is 35.3 Å². The summed E-state index contributed by atoms with van der Waals surface area (Å²) in [7, 11) is 4.17. The standard InChI is InChI=1S/C13H9.C11H6BrS.2ClH.S.Zr/c1-3-7-12-10(5-1)9-11-6-2-4-8-13(11)12;12-10-6-8-5-7-3-1-2-4-9(7)11(8)13-10;;;;/h1-5,7-8H,9H2;1-2,4-6,10H;2*1H;;/q2*-1;;;;+2/p-2. The molecule has 0 saturated heterocycles. The fourth-order valence-electron chi connectivity index (χ4n) is 3.68. The van der Waals surface area contributed by atoms with E-state index in [1.807, 2.05) is 30.0 Å². The molecule has 0 saturated carbocycles. The number of rotatable bonds is 0. The number of hydrogen-bond donors (Lipinski definition) is 0. The minimum absolute atomic E-state index is 0. The fraction of sp³-hybridized carbons (Fsp3) is 0.0833. The molecule has 6 heteroatoms. The molecule has 0 aromatic heterocycles. The second-order valence-corrected chi connectivity index (χ2v) is 9.20. The topological polar surface area (TPSA) is 0 Å². The minimum Gasteiger partial charge on any atom is -0.179 e. The van der Waals surface area contributed by atoms with E-state index in [1.54, 1.807) is 0 Å². The van der Waals surface area contributed by atoms with Crippen LogP contribution in [-0.2, 0) is 29.1 Å². The summed E-state index contributed by atoms with van der Waals surface area (Å²) < 4.78 is 0.446. The van der Waals surface area contributed by atoms with Gasteiger partial charge in [-0.25, -0.2) is 0 Å². The van der Waals surface area contributed by atoms with Crippen LogP contribution in [0.1, 0.15) is 11.1 Å². The number of halogens is 3. The number of alkyl halides is 1. The molecule has 3 aromatic carbocycles. The summed E-state index contributed by atoms with van der Waals surface area (Å²) in [5.74, 6) is 0. The van der Waals surface area contributed by atoms with Crippen molar-refractivity contribution >= 4 is 47.5 Å². The first kappa shape index (κ1) is 25.9. The number of hydrogen-bond acceptors (Lipinski definition) is 2. The van der Waals surface area contributed by atoms with Crippen LogP contribution in [-0.4, -0.2) is 4.16 Å². The zero-order chi connectivity index (χ0) is 19.5. The molecule has 0 fully saturated rings. The molecule has 0 N–H and O–H groups in total. The van der Waals surface area contributed by atoms with Crippen LogP contribution in [0.5, 0.6) is 0 Å². The number of benzene rings is 3. The van der Waals surface area contributed by atoms with Crippen molar-refractivity contribution in [3.8, 4) is 11.1 Å². The fourth-order valence-corrected chi connectivity index (χ4v) is 5.54. The molecular formula is C24H15BrCl2S2Zr-2. The van der Waals surface area contributed by atoms with Crippen LogP contribution in [0, 0.1) is 12.1 Å². The zero-order valence-corrected chi connectivity index (χ0v) is 22.9. The van der Waals surface area contributed by atoms with Crippen molar-refractivity contribution in [3.63, 3.8) is 0 Å².